The lowest BCUT2D eigenvalue weighted by atomic mass is 9.92. The maximum absolute atomic E-state index is 11.7. The Morgan fingerprint density at radius 2 is 2.00 bits per heavy atom. The second-order valence-corrected chi connectivity index (χ2v) is 6.28. The Kier molecular flexibility index (Phi) is 4.53. The molecule has 4 nitrogen and oxygen atoms in total. The molecule has 1 aromatic rings. The van der Waals surface area contributed by atoms with Crippen molar-refractivity contribution in [1.82, 2.24) is 5.32 Å². The van der Waals surface area contributed by atoms with Gasteiger partial charge in [0.15, 0.2) is 0 Å². The maximum Gasteiger partial charge on any atom is 0.407 e. The van der Waals surface area contributed by atoms with E-state index in [2.05, 4.69) is 16.7 Å². The van der Waals surface area contributed by atoms with Gasteiger partial charge >= 0.3 is 6.09 Å². The van der Waals surface area contributed by atoms with Gasteiger partial charge in [-0.25, -0.2) is 4.79 Å². The fourth-order valence-corrected chi connectivity index (χ4v) is 2.07. The van der Waals surface area contributed by atoms with Crippen LogP contribution >= 0.6 is 0 Å². The van der Waals surface area contributed by atoms with E-state index >= 15 is 0 Å². The summed E-state index contributed by atoms with van der Waals surface area (Å²) in [6.45, 7) is 6.06. The first-order valence-corrected chi connectivity index (χ1v) is 7.25. The molecular formula is C16H24N2O2. The van der Waals surface area contributed by atoms with Crippen LogP contribution in [-0.4, -0.2) is 17.7 Å². The van der Waals surface area contributed by atoms with Crippen molar-refractivity contribution in [3.63, 3.8) is 0 Å². The van der Waals surface area contributed by atoms with E-state index in [1.165, 1.54) is 19.3 Å². The molecule has 2 rings (SSSR count). The monoisotopic (exact) mass is 276 g/mol. The summed E-state index contributed by atoms with van der Waals surface area (Å²) >= 11 is 0. The lowest BCUT2D eigenvalue weighted by molar-refractivity contribution is 0.0523. The number of hydrogen-bond donors (Lipinski definition) is 2. The van der Waals surface area contributed by atoms with Crippen LogP contribution in [-0.2, 0) is 11.3 Å². The minimum atomic E-state index is -0.465. The number of ether oxygens (including phenoxy) is 1. The highest BCUT2D eigenvalue weighted by Crippen LogP contribution is 2.25. The summed E-state index contributed by atoms with van der Waals surface area (Å²) in [5.41, 5.74) is 1.73. The SMILES string of the molecule is CC(C)(C)OC(=O)NCc1ccccc1NC1CCC1. The molecular weight excluding hydrogens is 252 g/mol. The van der Waals surface area contributed by atoms with Crippen LogP contribution in [0.1, 0.15) is 45.6 Å². The van der Waals surface area contributed by atoms with Crippen LogP contribution in [0.2, 0.25) is 0 Å². The highest BCUT2D eigenvalue weighted by molar-refractivity contribution is 5.68. The van der Waals surface area contributed by atoms with Crippen LogP contribution < -0.4 is 10.6 Å². The van der Waals surface area contributed by atoms with Gasteiger partial charge in [-0.15, -0.1) is 0 Å². The summed E-state index contributed by atoms with van der Waals surface area (Å²) in [6, 6.07) is 8.66. The smallest absolute Gasteiger partial charge is 0.407 e. The van der Waals surface area contributed by atoms with Crippen molar-refractivity contribution in [2.45, 2.75) is 58.2 Å². The molecule has 0 spiro atoms. The van der Waals surface area contributed by atoms with Gasteiger partial charge in [-0.05, 0) is 51.7 Å². The molecule has 0 saturated heterocycles. The number of rotatable bonds is 4. The molecule has 0 unspecified atom stereocenters. The Morgan fingerprint density at radius 3 is 2.60 bits per heavy atom. The molecule has 4 heteroatoms. The third-order valence-electron chi connectivity index (χ3n) is 3.30. The lowest BCUT2D eigenvalue weighted by Crippen LogP contribution is -2.32. The average molecular weight is 276 g/mol. The predicted molar refractivity (Wildman–Crippen MR) is 80.8 cm³/mol. The summed E-state index contributed by atoms with van der Waals surface area (Å²) < 4.78 is 5.24. The normalized spacial score (nSPS) is 15.3. The van der Waals surface area contributed by atoms with E-state index < -0.39 is 5.60 Å². The standard InChI is InChI=1S/C16H24N2O2/c1-16(2,3)20-15(19)17-11-12-7-4-5-10-14(12)18-13-8-6-9-13/h4-5,7,10,13,18H,6,8-9,11H2,1-3H3,(H,17,19). The number of alkyl carbamates (subject to hydrolysis) is 1. The Labute approximate surface area is 120 Å². The van der Waals surface area contributed by atoms with Crippen molar-refractivity contribution >= 4 is 11.8 Å². The number of hydrogen-bond acceptors (Lipinski definition) is 3. The van der Waals surface area contributed by atoms with E-state index in [1.54, 1.807) is 0 Å². The van der Waals surface area contributed by atoms with Gasteiger partial charge in [0.1, 0.15) is 5.60 Å². The number of carbonyl (C=O) groups excluding carboxylic acids is 1. The van der Waals surface area contributed by atoms with Crippen molar-refractivity contribution < 1.29 is 9.53 Å². The van der Waals surface area contributed by atoms with Gasteiger partial charge in [-0.1, -0.05) is 18.2 Å². The van der Waals surface area contributed by atoms with Crippen LogP contribution in [0.4, 0.5) is 10.5 Å². The number of nitrogens with one attached hydrogen (secondary N) is 2. The Morgan fingerprint density at radius 1 is 1.30 bits per heavy atom. The quantitative estimate of drug-likeness (QED) is 0.882. The maximum atomic E-state index is 11.7. The number of amides is 1. The third kappa shape index (κ3) is 4.44. The Hall–Kier alpha value is -1.71. The first-order chi connectivity index (χ1) is 9.44. The van der Waals surface area contributed by atoms with Gasteiger partial charge in [0.05, 0.1) is 0 Å². The zero-order chi connectivity index (χ0) is 14.6. The van der Waals surface area contributed by atoms with Crippen LogP contribution in [0.15, 0.2) is 24.3 Å². The topological polar surface area (TPSA) is 50.4 Å². The zero-order valence-corrected chi connectivity index (χ0v) is 12.5. The largest absolute Gasteiger partial charge is 0.444 e. The van der Waals surface area contributed by atoms with Crippen molar-refractivity contribution in [2.24, 2.45) is 0 Å². The molecule has 0 heterocycles. The first-order valence-electron chi connectivity index (χ1n) is 7.25. The molecule has 1 aliphatic carbocycles. The highest BCUT2D eigenvalue weighted by atomic mass is 16.6. The fourth-order valence-electron chi connectivity index (χ4n) is 2.07. The Balaban J connectivity index is 1.90. The molecule has 1 fully saturated rings. The van der Waals surface area contributed by atoms with E-state index in [9.17, 15) is 4.79 Å². The molecule has 0 aromatic heterocycles. The molecule has 1 saturated carbocycles. The second kappa shape index (κ2) is 6.16. The van der Waals surface area contributed by atoms with E-state index in [-0.39, 0.29) is 6.09 Å². The fraction of sp³-hybridized carbons (Fsp3) is 0.562. The van der Waals surface area contributed by atoms with Crippen molar-refractivity contribution in [2.75, 3.05) is 5.32 Å². The molecule has 0 aliphatic heterocycles. The van der Waals surface area contributed by atoms with E-state index in [4.69, 9.17) is 4.74 Å². The molecule has 0 radical (unpaired) electrons. The minimum Gasteiger partial charge on any atom is -0.444 e. The molecule has 1 amide bonds. The molecule has 1 aromatic carbocycles. The van der Waals surface area contributed by atoms with Crippen LogP contribution in [0.3, 0.4) is 0 Å². The molecule has 0 bridgehead atoms. The van der Waals surface area contributed by atoms with E-state index in [1.807, 2.05) is 39.0 Å². The summed E-state index contributed by atoms with van der Waals surface area (Å²) in [7, 11) is 0. The van der Waals surface area contributed by atoms with Gasteiger partial charge in [0, 0.05) is 18.3 Å². The van der Waals surface area contributed by atoms with Crippen LogP contribution in [0.5, 0.6) is 0 Å². The Bertz CT molecular complexity index is 462. The van der Waals surface area contributed by atoms with Crippen LogP contribution in [0.25, 0.3) is 0 Å². The van der Waals surface area contributed by atoms with Crippen LogP contribution in [0, 0.1) is 0 Å². The van der Waals surface area contributed by atoms with Gasteiger partial charge in [-0.3, -0.25) is 0 Å². The molecule has 1 aliphatic rings. The van der Waals surface area contributed by atoms with E-state index in [0.29, 0.717) is 12.6 Å². The first kappa shape index (κ1) is 14.7. The molecule has 20 heavy (non-hydrogen) atoms. The summed E-state index contributed by atoms with van der Waals surface area (Å²) in [5, 5.41) is 6.33. The van der Waals surface area contributed by atoms with Crippen molar-refractivity contribution in [3.8, 4) is 0 Å². The number of anilines is 1. The van der Waals surface area contributed by atoms with Gasteiger partial charge in [-0.2, -0.15) is 0 Å². The van der Waals surface area contributed by atoms with Crippen molar-refractivity contribution in [3.05, 3.63) is 29.8 Å². The lowest BCUT2D eigenvalue weighted by Gasteiger charge is -2.28. The van der Waals surface area contributed by atoms with Gasteiger partial charge in [0.2, 0.25) is 0 Å². The second-order valence-electron chi connectivity index (χ2n) is 6.28. The van der Waals surface area contributed by atoms with Gasteiger partial charge < -0.3 is 15.4 Å². The molecule has 2 N–H and O–H groups in total. The predicted octanol–water partition coefficient (Wildman–Crippen LogP) is 3.68. The van der Waals surface area contributed by atoms with E-state index in [0.717, 1.165) is 11.3 Å². The zero-order valence-electron chi connectivity index (χ0n) is 12.5. The number of benzene rings is 1. The minimum absolute atomic E-state index is 0.379. The van der Waals surface area contributed by atoms with Crippen molar-refractivity contribution in [1.29, 1.82) is 0 Å². The summed E-state index contributed by atoms with van der Waals surface area (Å²) in [4.78, 5) is 11.7. The summed E-state index contributed by atoms with van der Waals surface area (Å²) in [5.74, 6) is 0. The highest BCUT2D eigenvalue weighted by Gasteiger charge is 2.19. The number of para-hydroxylation sites is 1. The average Bonchev–Trinajstić information content (AvgIpc) is 2.30. The molecule has 0 atom stereocenters. The third-order valence-corrected chi connectivity index (χ3v) is 3.30. The molecule has 110 valence electrons. The summed E-state index contributed by atoms with van der Waals surface area (Å²) in [6.07, 6.45) is 3.38. The van der Waals surface area contributed by atoms with Gasteiger partial charge in [0.25, 0.3) is 0 Å². The number of carbonyl (C=O) groups is 1.